The molecule has 158 valence electrons. The van der Waals surface area contributed by atoms with Crippen LogP contribution in [0.3, 0.4) is 0 Å². The number of aromatic nitrogens is 1. The van der Waals surface area contributed by atoms with Gasteiger partial charge in [-0.1, -0.05) is 6.92 Å². The predicted octanol–water partition coefficient (Wildman–Crippen LogP) is 3.34. The van der Waals surface area contributed by atoms with Gasteiger partial charge in [-0.3, -0.25) is 4.79 Å². The molecular weight excluding hydrogens is 406 g/mol. The Bertz CT molecular complexity index is 984. The summed E-state index contributed by atoms with van der Waals surface area (Å²) in [6.45, 7) is 1.12. The van der Waals surface area contributed by atoms with Crippen LogP contribution in [0.2, 0.25) is 0 Å². The van der Waals surface area contributed by atoms with Crippen LogP contribution in [-0.2, 0) is 4.74 Å². The molecule has 1 amide bonds. The summed E-state index contributed by atoms with van der Waals surface area (Å²) in [5, 5.41) is 11.2. The van der Waals surface area contributed by atoms with E-state index in [2.05, 4.69) is 20.0 Å². The summed E-state index contributed by atoms with van der Waals surface area (Å²) in [5.41, 5.74) is 5.18. The van der Waals surface area contributed by atoms with Crippen molar-refractivity contribution in [3.8, 4) is 6.07 Å². The zero-order valence-electron chi connectivity index (χ0n) is 15.9. The van der Waals surface area contributed by atoms with Crippen molar-refractivity contribution >= 4 is 17.6 Å². The number of rotatable bonds is 5. The van der Waals surface area contributed by atoms with Gasteiger partial charge >= 0.3 is 6.18 Å². The van der Waals surface area contributed by atoms with Crippen molar-refractivity contribution in [1.29, 1.82) is 5.26 Å². The van der Waals surface area contributed by atoms with Gasteiger partial charge in [0.25, 0.3) is 11.9 Å². The normalized spacial score (nSPS) is 13.8. The number of amides is 1. The molecule has 0 spiro atoms. The highest BCUT2D eigenvalue weighted by atomic mass is 19.4. The number of nitrogens with two attached hydrogens (primary N) is 1. The predicted molar refractivity (Wildman–Crippen MR) is 100 cm³/mol. The molecule has 7 nitrogen and oxygen atoms in total. The van der Waals surface area contributed by atoms with Gasteiger partial charge in [0, 0.05) is 24.8 Å². The quantitative estimate of drug-likeness (QED) is 0.435. The fourth-order valence-corrected chi connectivity index (χ4v) is 2.56. The first-order chi connectivity index (χ1) is 14.1. The summed E-state index contributed by atoms with van der Waals surface area (Å²) >= 11 is 0. The fourth-order valence-electron chi connectivity index (χ4n) is 2.56. The average Bonchev–Trinajstić information content (AvgIpc) is 2.71. The molecule has 2 atom stereocenters. The third kappa shape index (κ3) is 5.44. The number of nitrogens with zero attached hydrogens (tertiary/aromatic N) is 3. The highest BCUT2D eigenvalue weighted by molar-refractivity contribution is 6.02. The highest BCUT2D eigenvalue weighted by Gasteiger charge is 2.47. The Morgan fingerprint density at radius 3 is 2.57 bits per heavy atom. The SMILES string of the molecule is C/N=C(/N)O[C@@H]([C@H](C)c1cc(NC(=O)c2ccc(C#N)cn2)ccc1F)C(F)(F)F. The topological polar surface area (TPSA) is 113 Å². The molecule has 0 aliphatic carbocycles. The van der Waals surface area contributed by atoms with Crippen LogP contribution in [0.5, 0.6) is 0 Å². The molecule has 2 rings (SSSR count). The Kier molecular flexibility index (Phi) is 6.94. The molecule has 2 aromatic rings. The summed E-state index contributed by atoms with van der Waals surface area (Å²) in [6, 6.07) is 7.04. The first kappa shape index (κ1) is 22.6. The largest absolute Gasteiger partial charge is 0.452 e. The number of nitrogens with one attached hydrogen (secondary N) is 1. The molecule has 0 aliphatic rings. The summed E-state index contributed by atoms with van der Waals surface area (Å²) < 4.78 is 59.2. The molecule has 1 aromatic carbocycles. The summed E-state index contributed by atoms with van der Waals surface area (Å²) in [4.78, 5) is 19.4. The van der Waals surface area contributed by atoms with Crippen molar-refractivity contribution in [2.45, 2.75) is 25.1 Å². The van der Waals surface area contributed by atoms with Crippen molar-refractivity contribution in [3.05, 3.63) is 59.2 Å². The van der Waals surface area contributed by atoms with Crippen molar-refractivity contribution < 1.29 is 27.1 Å². The first-order valence-corrected chi connectivity index (χ1v) is 8.49. The van der Waals surface area contributed by atoms with Crippen molar-refractivity contribution in [2.75, 3.05) is 12.4 Å². The highest BCUT2D eigenvalue weighted by Crippen LogP contribution is 2.36. The molecule has 0 aliphatic heterocycles. The number of pyridine rings is 1. The van der Waals surface area contributed by atoms with Gasteiger partial charge in [0.05, 0.1) is 5.56 Å². The number of carbonyl (C=O) groups is 1. The van der Waals surface area contributed by atoms with Crippen molar-refractivity contribution in [3.63, 3.8) is 0 Å². The zero-order valence-corrected chi connectivity index (χ0v) is 15.9. The van der Waals surface area contributed by atoms with Crippen LogP contribution < -0.4 is 11.1 Å². The Morgan fingerprint density at radius 2 is 2.03 bits per heavy atom. The summed E-state index contributed by atoms with van der Waals surface area (Å²) in [5.74, 6) is -3.10. The zero-order chi connectivity index (χ0) is 22.5. The van der Waals surface area contributed by atoms with E-state index in [9.17, 15) is 22.4 Å². The van der Waals surface area contributed by atoms with E-state index in [0.29, 0.717) is 0 Å². The van der Waals surface area contributed by atoms with E-state index in [1.165, 1.54) is 24.4 Å². The number of ether oxygens (including phenoxy) is 1. The molecule has 0 saturated carbocycles. The minimum Gasteiger partial charge on any atom is -0.452 e. The molecule has 1 aromatic heterocycles. The fraction of sp³-hybridized carbons (Fsp3) is 0.263. The first-order valence-electron chi connectivity index (χ1n) is 8.49. The average molecular weight is 423 g/mol. The molecule has 30 heavy (non-hydrogen) atoms. The van der Waals surface area contributed by atoms with Crippen LogP contribution in [0.4, 0.5) is 23.2 Å². The maximum Gasteiger partial charge on any atom is 0.426 e. The van der Waals surface area contributed by atoms with Gasteiger partial charge in [-0.05, 0) is 35.9 Å². The lowest BCUT2D eigenvalue weighted by molar-refractivity contribution is -0.204. The molecule has 0 bridgehead atoms. The van der Waals surface area contributed by atoms with Gasteiger partial charge in [-0.15, -0.1) is 0 Å². The van der Waals surface area contributed by atoms with Crippen LogP contribution in [0.1, 0.15) is 34.5 Å². The van der Waals surface area contributed by atoms with E-state index in [1.807, 2.05) is 6.07 Å². The Labute approximate surface area is 169 Å². The van der Waals surface area contributed by atoms with Crippen LogP contribution in [0.25, 0.3) is 0 Å². The van der Waals surface area contributed by atoms with E-state index in [-0.39, 0.29) is 22.5 Å². The minimum absolute atomic E-state index is 0.0312. The second kappa shape index (κ2) is 9.21. The number of nitriles is 1. The number of benzene rings is 1. The number of hydrogen-bond acceptors (Lipinski definition) is 5. The van der Waals surface area contributed by atoms with Crippen LogP contribution in [0.15, 0.2) is 41.5 Å². The Hall–Kier alpha value is -3.68. The van der Waals surface area contributed by atoms with Gasteiger partial charge in [-0.25, -0.2) is 14.4 Å². The van der Waals surface area contributed by atoms with Crippen LogP contribution >= 0.6 is 0 Å². The number of aliphatic imine (C=N–C) groups is 1. The second-order valence-electron chi connectivity index (χ2n) is 6.16. The standard InChI is InChI=1S/C19H17F4N5O2/c1-10(16(19(21,22)23)30-18(25)26-2)13-7-12(4-5-14(13)20)28-17(29)15-6-3-11(8-24)9-27-15/h3-7,9-10,16H,1-2H3,(H2,25,26)(H,28,29)/t10-,16+/m1/s1. The van der Waals surface area contributed by atoms with E-state index >= 15 is 0 Å². The van der Waals surface area contributed by atoms with E-state index in [4.69, 9.17) is 11.0 Å². The Morgan fingerprint density at radius 1 is 1.33 bits per heavy atom. The molecule has 0 radical (unpaired) electrons. The number of halogens is 4. The van der Waals surface area contributed by atoms with E-state index in [0.717, 1.165) is 26.1 Å². The number of amidine groups is 1. The molecule has 0 saturated heterocycles. The molecular formula is C19H17F4N5O2. The van der Waals surface area contributed by atoms with Gasteiger partial charge in [-0.2, -0.15) is 18.4 Å². The molecule has 3 N–H and O–H groups in total. The monoisotopic (exact) mass is 423 g/mol. The number of alkyl halides is 3. The van der Waals surface area contributed by atoms with Gasteiger partial charge in [0.15, 0.2) is 0 Å². The van der Waals surface area contributed by atoms with Crippen LogP contribution in [0, 0.1) is 17.1 Å². The number of hydrogen-bond donors (Lipinski definition) is 2. The van der Waals surface area contributed by atoms with Gasteiger partial charge in [0.1, 0.15) is 17.6 Å². The van der Waals surface area contributed by atoms with E-state index in [1.54, 1.807) is 0 Å². The third-order valence-corrected chi connectivity index (χ3v) is 4.11. The van der Waals surface area contributed by atoms with Crippen molar-refractivity contribution in [2.24, 2.45) is 10.7 Å². The van der Waals surface area contributed by atoms with E-state index < -0.39 is 35.9 Å². The minimum atomic E-state index is -4.85. The summed E-state index contributed by atoms with van der Waals surface area (Å²) in [6.07, 6.45) is -6.12. The lowest BCUT2D eigenvalue weighted by Crippen LogP contribution is -2.40. The third-order valence-electron chi connectivity index (χ3n) is 4.11. The Balaban J connectivity index is 2.30. The molecule has 0 fully saturated rings. The maximum absolute atomic E-state index is 14.3. The lowest BCUT2D eigenvalue weighted by Gasteiger charge is -2.27. The van der Waals surface area contributed by atoms with Crippen molar-refractivity contribution in [1.82, 2.24) is 4.98 Å². The van der Waals surface area contributed by atoms with Gasteiger partial charge in [0.2, 0.25) is 6.10 Å². The lowest BCUT2D eigenvalue weighted by atomic mass is 9.93. The maximum atomic E-state index is 14.3. The molecule has 1 heterocycles. The number of carbonyl (C=O) groups excluding carboxylic acids is 1. The molecule has 11 heteroatoms. The van der Waals surface area contributed by atoms with Crippen LogP contribution in [-0.4, -0.2) is 36.2 Å². The smallest absolute Gasteiger partial charge is 0.426 e. The second-order valence-corrected chi connectivity index (χ2v) is 6.16. The van der Waals surface area contributed by atoms with Gasteiger partial charge < -0.3 is 15.8 Å². The summed E-state index contributed by atoms with van der Waals surface area (Å²) in [7, 11) is 1.15. The number of anilines is 1. The molecule has 0 unspecified atom stereocenters.